The molecule has 0 saturated heterocycles. The Hall–Kier alpha value is -0.570. The summed E-state index contributed by atoms with van der Waals surface area (Å²) < 4.78 is 25.1. The summed E-state index contributed by atoms with van der Waals surface area (Å²) in [7, 11) is -3.18. The first-order chi connectivity index (χ1) is 8.79. The lowest BCUT2D eigenvalue weighted by molar-refractivity contribution is 0.468. The molecule has 0 saturated carbocycles. The minimum atomic E-state index is -3.18. The molecule has 2 nitrogen and oxygen atoms in total. The lowest BCUT2D eigenvalue weighted by Crippen LogP contribution is -2.36. The first-order valence-corrected chi connectivity index (χ1v) is 8.93. The van der Waals surface area contributed by atoms with Crippen LogP contribution in [0, 0.1) is 11.8 Å². The SMILES string of the molecule is CCCCC1=C(S(=O)(=O)C(C)(C)C)[C@H]2C=C[C@@H]1CC2. The lowest BCUT2D eigenvalue weighted by atomic mass is 9.75. The quantitative estimate of drug-likeness (QED) is 0.723. The van der Waals surface area contributed by atoms with Crippen LogP contribution in [0.3, 0.4) is 0 Å². The van der Waals surface area contributed by atoms with Crippen molar-refractivity contribution in [2.45, 2.75) is 64.5 Å². The number of hydrogen-bond donors (Lipinski definition) is 0. The molecule has 0 aromatic carbocycles. The molecule has 0 amide bonds. The molecule has 0 aromatic rings. The van der Waals surface area contributed by atoms with Crippen LogP contribution in [0.5, 0.6) is 0 Å². The van der Waals surface area contributed by atoms with Crippen molar-refractivity contribution in [2.75, 3.05) is 0 Å². The van der Waals surface area contributed by atoms with Crippen molar-refractivity contribution < 1.29 is 8.42 Å². The number of sulfone groups is 1. The smallest absolute Gasteiger partial charge is 0.180 e. The fourth-order valence-corrected chi connectivity index (χ4v) is 4.98. The largest absolute Gasteiger partial charge is 0.223 e. The highest BCUT2D eigenvalue weighted by Gasteiger charge is 2.42. The van der Waals surface area contributed by atoms with Gasteiger partial charge in [-0.3, -0.25) is 0 Å². The Labute approximate surface area is 117 Å². The third kappa shape index (κ3) is 2.54. The first kappa shape index (κ1) is 14.8. The van der Waals surface area contributed by atoms with E-state index in [0.29, 0.717) is 5.92 Å². The molecule has 0 aromatic heterocycles. The summed E-state index contributed by atoms with van der Waals surface area (Å²) in [5.41, 5.74) is 1.22. The van der Waals surface area contributed by atoms with Gasteiger partial charge in [0.1, 0.15) is 0 Å². The van der Waals surface area contributed by atoms with Crippen LogP contribution in [0.15, 0.2) is 22.6 Å². The van der Waals surface area contributed by atoms with E-state index in [2.05, 4.69) is 19.1 Å². The summed E-state index contributed by atoms with van der Waals surface area (Å²) >= 11 is 0. The second kappa shape index (κ2) is 5.08. The van der Waals surface area contributed by atoms with Crippen molar-refractivity contribution in [1.82, 2.24) is 0 Å². The normalized spacial score (nSPS) is 27.2. The van der Waals surface area contributed by atoms with Crippen molar-refractivity contribution >= 4 is 9.84 Å². The third-order valence-corrected chi connectivity index (χ3v) is 7.12. The summed E-state index contributed by atoms with van der Waals surface area (Å²) in [6.45, 7) is 7.62. The van der Waals surface area contributed by atoms with Crippen LogP contribution in [-0.4, -0.2) is 13.2 Å². The van der Waals surface area contributed by atoms with E-state index in [9.17, 15) is 8.42 Å². The predicted molar refractivity (Wildman–Crippen MR) is 80.6 cm³/mol. The van der Waals surface area contributed by atoms with Gasteiger partial charge in [-0.05, 0) is 57.9 Å². The van der Waals surface area contributed by atoms with Gasteiger partial charge in [0, 0.05) is 5.92 Å². The second-order valence-corrected chi connectivity index (χ2v) is 9.46. The molecule has 0 fully saturated rings. The fraction of sp³-hybridized carbons (Fsp3) is 0.750. The highest BCUT2D eigenvalue weighted by molar-refractivity contribution is 7.96. The maximum absolute atomic E-state index is 12.9. The molecular weight excluding hydrogens is 256 g/mol. The highest BCUT2D eigenvalue weighted by Crippen LogP contribution is 2.47. The molecule has 2 bridgehead atoms. The Morgan fingerprint density at radius 1 is 1.16 bits per heavy atom. The highest BCUT2D eigenvalue weighted by atomic mass is 32.2. The van der Waals surface area contributed by atoms with E-state index in [1.54, 1.807) is 0 Å². The molecule has 0 N–H and O–H groups in total. The van der Waals surface area contributed by atoms with Crippen LogP contribution in [0.4, 0.5) is 0 Å². The summed E-state index contributed by atoms with van der Waals surface area (Å²) in [5, 5.41) is 0. The lowest BCUT2D eigenvalue weighted by Gasteiger charge is -2.38. The van der Waals surface area contributed by atoms with Crippen molar-refractivity contribution in [3.05, 3.63) is 22.6 Å². The van der Waals surface area contributed by atoms with Gasteiger partial charge >= 0.3 is 0 Å². The van der Waals surface area contributed by atoms with E-state index in [1.165, 1.54) is 5.57 Å². The Morgan fingerprint density at radius 3 is 2.21 bits per heavy atom. The second-order valence-electron chi connectivity index (χ2n) is 6.78. The van der Waals surface area contributed by atoms with Crippen LogP contribution in [0.2, 0.25) is 0 Å². The molecule has 19 heavy (non-hydrogen) atoms. The molecule has 108 valence electrons. The van der Waals surface area contributed by atoms with E-state index in [-0.39, 0.29) is 5.92 Å². The summed E-state index contributed by atoms with van der Waals surface area (Å²) in [6, 6.07) is 0. The molecule has 3 heteroatoms. The van der Waals surface area contributed by atoms with Crippen LogP contribution in [0.1, 0.15) is 59.8 Å². The molecule has 0 heterocycles. The molecule has 0 spiro atoms. The van der Waals surface area contributed by atoms with Crippen molar-refractivity contribution in [2.24, 2.45) is 11.8 Å². The van der Waals surface area contributed by atoms with Crippen molar-refractivity contribution in [3.63, 3.8) is 0 Å². The van der Waals surface area contributed by atoms with E-state index in [0.717, 1.165) is 37.0 Å². The van der Waals surface area contributed by atoms with Gasteiger partial charge in [-0.2, -0.15) is 0 Å². The van der Waals surface area contributed by atoms with Crippen molar-refractivity contribution in [3.8, 4) is 0 Å². The van der Waals surface area contributed by atoms with Gasteiger partial charge in [0.05, 0.1) is 9.65 Å². The first-order valence-electron chi connectivity index (χ1n) is 7.45. The zero-order valence-corrected chi connectivity index (χ0v) is 13.4. The zero-order chi connectivity index (χ0) is 14.3. The Bertz CT molecular complexity index is 503. The summed E-state index contributed by atoms with van der Waals surface area (Å²) in [5.74, 6) is 0.518. The van der Waals surface area contributed by atoms with Gasteiger partial charge in [-0.25, -0.2) is 8.42 Å². The molecule has 3 rings (SSSR count). The van der Waals surface area contributed by atoms with Gasteiger partial charge in [-0.15, -0.1) is 0 Å². The predicted octanol–water partition coefficient (Wildman–Crippen LogP) is 4.24. The van der Waals surface area contributed by atoms with Crippen LogP contribution >= 0.6 is 0 Å². The molecule has 0 radical (unpaired) electrons. The van der Waals surface area contributed by atoms with E-state index in [4.69, 9.17) is 0 Å². The molecule has 3 aliphatic carbocycles. The van der Waals surface area contributed by atoms with Gasteiger partial charge in [0.2, 0.25) is 0 Å². The molecular formula is C16H26O2S. The average molecular weight is 282 g/mol. The number of allylic oxidation sites excluding steroid dienone is 4. The average Bonchev–Trinajstić information content (AvgIpc) is 2.35. The Kier molecular flexibility index (Phi) is 3.97. The Balaban J connectivity index is 2.49. The number of unbranched alkanes of at least 4 members (excludes halogenated alkanes) is 1. The zero-order valence-electron chi connectivity index (χ0n) is 12.6. The van der Waals surface area contributed by atoms with Gasteiger partial charge in [0.15, 0.2) is 9.84 Å². The summed E-state index contributed by atoms with van der Waals surface area (Å²) in [4.78, 5) is 0.771. The molecule has 3 aliphatic rings. The monoisotopic (exact) mass is 282 g/mol. The number of hydrogen-bond acceptors (Lipinski definition) is 2. The maximum Gasteiger partial charge on any atom is 0.180 e. The van der Waals surface area contributed by atoms with E-state index >= 15 is 0 Å². The van der Waals surface area contributed by atoms with E-state index in [1.807, 2.05) is 20.8 Å². The number of fused-ring (bicyclic) bond motifs is 1. The van der Waals surface area contributed by atoms with Gasteiger partial charge < -0.3 is 0 Å². The van der Waals surface area contributed by atoms with Crippen LogP contribution in [-0.2, 0) is 9.84 Å². The van der Waals surface area contributed by atoms with E-state index < -0.39 is 14.6 Å². The minimum Gasteiger partial charge on any atom is -0.223 e. The third-order valence-electron chi connectivity index (χ3n) is 4.36. The topological polar surface area (TPSA) is 34.1 Å². The van der Waals surface area contributed by atoms with Gasteiger partial charge in [0.25, 0.3) is 0 Å². The van der Waals surface area contributed by atoms with Crippen molar-refractivity contribution in [1.29, 1.82) is 0 Å². The van der Waals surface area contributed by atoms with Crippen LogP contribution in [0.25, 0.3) is 0 Å². The standard InChI is InChI=1S/C16H26O2S/c1-5-6-7-14-12-8-10-13(11-9-12)15(14)19(17,18)16(2,3)4/h8,10,12-13H,5-7,9,11H2,1-4H3/t12-,13+/m1/s1. The molecule has 2 atom stereocenters. The Morgan fingerprint density at radius 2 is 1.74 bits per heavy atom. The minimum absolute atomic E-state index is 0.140. The number of rotatable bonds is 4. The summed E-state index contributed by atoms with van der Waals surface area (Å²) in [6.07, 6.45) is 9.66. The molecule has 0 aliphatic heterocycles. The maximum atomic E-state index is 12.9. The molecule has 0 unspecified atom stereocenters. The fourth-order valence-electron chi connectivity index (χ4n) is 3.13. The van der Waals surface area contributed by atoms with Gasteiger partial charge in [-0.1, -0.05) is 25.5 Å². The van der Waals surface area contributed by atoms with Crippen LogP contribution < -0.4 is 0 Å².